The average Bonchev–Trinajstić information content (AvgIpc) is 2.45. The zero-order valence-electron chi connectivity index (χ0n) is 12.4. The number of amides is 1. The van der Waals surface area contributed by atoms with Crippen molar-refractivity contribution >= 4 is 17.6 Å². The molecule has 1 amide bonds. The summed E-state index contributed by atoms with van der Waals surface area (Å²) in [6.07, 6.45) is 0. The number of nitrogens with zero attached hydrogens (tertiary/aromatic N) is 1. The van der Waals surface area contributed by atoms with E-state index in [1.54, 1.807) is 6.07 Å². The lowest BCUT2D eigenvalue weighted by Gasteiger charge is -2.09. The molecular formula is C14H18N2O6. The molecule has 0 aliphatic heterocycles. The lowest BCUT2D eigenvalue weighted by atomic mass is 9.99. The molecule has 0 fully saturated rings. The number of hydrogen-bond acceptors (Lipinski definition) is 5. The van der Waals surface area contributed by atoms with E-state index in [0.717, 1.165) is 0 Å². The van der Waals surface area contributed by atoms with Crippen molar-refractivity contribution in [3.8, 4) is 0 Å². The number of rotatable bonds is 8. The van der Waals surface area contributed by atoms with Gasteiger partial charge in [0.05, 0.1) is 11.5 Å². The molecule has 0 bridgehead atoms. The molecule has 1 aromatic rings. The smallest absolute Gasteiger partial charge is 0.329 e. The van der Waals surface area contributed by atoms with Crippen LogP contribution in [0.4, 0.5) is 5.69 Å². The summed E-state index contributed by atoms with van der Waals surface area (Å²) < 4.78 is 4.77. The molecule has 0 aromatic heterocycles. The summed E-state index contributed by atoms with van der Waals surface area (Å²) in [5, 5.41) is 21.9. The molecule has 0 saturated heterocycles. The van der Waals surface area contributed by atoms with Gasteiger partial charge in [-0.25, -0.2) is 4.79 Å². The Morgan fingerprint density at radius 3 is 2.64 bits per heavy atom. The van der Waals surface area contributed by atoms with Crippen molar-refractivity contribution in [1.29, 1.82) is 0 Å². The maximum atomic E-state index is 11.9. The van der Waals surface area contributed by atoms with Gasteiger partial charge in [-0.15, -0.1) is 0 Å². The van der Waals surface area contributed by atoms with Crippen LogP contribution in [0, 0.1) is 10.1 Å². The third-order valence-electron chi connectivity index (χ3n) is 2.87. The molecule has 2 N–H and O–H groups in total. The number of carboxylic acids is 1. The molecule has 0 saturated carbocycles. The van der Waals surface area contributed by atoms with Gasteiger partial charge in [0.1, 0.15) is 6.61 Å². The number of carboxylic acid groups (broad SMARTS) is 1. The number of carbonyl (C=O) groups excluding carboxylic acids is 1. The van der Waals surface area contributed by atoms with Crippen LogP contribution in [-0.2, 0) is 9.53 Å². The maximum Gasteiger partial charge on any atom is 0.329 e. The van der Waals surface area contributed by atoms with E-state index in [1.807, 2.05) is 13.8 Å². The minimum absolute atomic E-state index is 0.0260. The van der Waals surface area contributed by atoms with Crippen molar-refractivity contribution in [3.63, 3.8) is 0 Å². The Bertz CT molecular complexity index is 570. The van der Waals surface area contributed by atoms with Crippen LogP contribution in [0.2, 0.25) is 0 Å². The molecule has 0 unspecified atom stereocenters. The largest absolute Gasteiger partial charge is 0.480 e. The van der Waals surface area contributed by atoms with Gasteiger partial charge in [-0.3, -0.25) is 14.9 Å². The van der Waals surface area contributed by atoms with Crippen molar-refractivity contribution in [2.45, 2.75) is 19.8 Å². The fourth-order valence-corrected chi connectivity index (χ4v) is 1.83. The normalized spacial score (nSPS) is 10.5. The number of aliphatic carboxylic acids is 1. The Morgan fingerprint density at radius 2 is 2.09 bits per heavy atom. The number of benzene rings is 1. The monoisotopic (exact) mass is 310 g/mol. The molecule has 0 spiro atoms. The predicted octanol–water partition coefficient (Wildman–Crippen LogP) is 1.55. The first-order valence-electron chi connectivity index (χ1n) is 6.69. The van der Waals surface area contributed by atoms with Crippen LogP contribution in [-0.4, -0.2) is 41.7 Å². The van der Waals surface area contributed by atoms with Crippen molar-refractivity contribution in [2.24, 2.45) is 0 Å². The van der Waals surface area contributed by atoms with Crippen LogP contribution in [0.1, 0.15) is 35.7 Å². The van der Waals surface area contributed by atoms with Crippen LogP contribution in [0.25, 0.3) is 0 Å². The molecular weight excluding hydrogens is 292 g/mol. The number of nitro groups is 1. The van der Waals surface area contributed by atoms with E-state index >= 15 is 0 Å². The van der Waals surface area contributed by atoms with Gasteiger partial charge < -0.3 is 15.2 Å². The summed E-state index contributed by atoms with van der Waals surface area (Å²) in [6.45, 7) is 3.39. The predicted molar refractivity (Wildman–Crippen MR) is 78.0 cm³/mol. The lowest BCUT2D eigenvalue weighted by Crippen LogP contribution is -2.28. The molecule has 0 aliphatic carbocycles. The first-order valence-corrected chi connectivity index (χ1v) is 6.69. The Hall–Kier alpha value is -2.48. The number of nitro benzene ring substituents is 1. The summed E-state index contributed by atoms with van der Waals surface area (Å²) in [5.74, 6) is -1.59. The minimum Gasteiger partial charge on any atom is -0.480 e. The fraction of sp³-hybridized carbons (Fsp3) is 0.429. The zero-order valence-corrected chi connectivity index (χ0v) is 12.4. The number of ether oxygens (including phenoxy) is 1. The second-order valence-electron chi connectivity index (χ2n) is 4.89. The Labute approximate surface area is 127 Å². The van der Waals surface area contributed by atoms with Crippen molar-refractivity contribution in [1.82, 2.24) is 5.32 Å². The Morgan fingerprint density at radius 1 is 1.41 bits per heavy atom. The quantitative estimate of drug-likeness (QED) is 0.427. The van der Waals surface area contributed by atoms with Gasteiger partial charge in [0, 0.05) is 23.7 Å². The van der Waals surface area contributed by atoms with Crippen molar-refractivity contribution in [2.75, 3.05) is 19.8 Å². The molecule has 0 heterocycles. The summed E-state index contributed by atoms with van der Waals surface area (Å²) in [7, 11) is 0. The zero-order chi connectivity index (χ0) is 16.7. The Kier molecular flexibility index (Phi) is 6.46. The van der Waals surface area contributed by atoms with Crippen LogP contribution in [0.15, 0.2) is 18.2 Å². The molecule has 0 aliphatic rings. The van der Waals surface area contributed by atoms with E-state index in [1.165, 1.54) is 12.1 Å². The Balaban J connectivity index is 2.68. The highest BCUT2D eigenvalue weighted by molar-refractivity contribution is 5.95. The SMILES string of the molecule is CC(C)c1ccc(C(=O)NCCOCC(=O)O)cc1[N+](=O)[O-]. The highest BCUT2D eigenvalue weighted by atomic mass is 16.6. The molecule has 0 atom stereocenters. The maximum absolute atomic E-state index is 11.9. The number of hydrogen-bond donors (Lipinski definition) is 2. The first-order chi connectivity index (χ1) is 10.3. The third-order valence-corrected chi connectivity index (χ3v) is 2.87. The van der Waals surface area contributed by atoms with E-state index < -0.39 is 23.4 Å². The lowest BCUT2D eigenvalue weighted by molar-refractivity contribution is -0.385. The molecule has 22 heavy (non-hydrogen) atoms. The minimum atomic E-state index is -1.09. The second kappa shape index (κ2) is 8.08. The van der Waals surface area contributed by atoms with Crippen LogP contribution in [0.3, 0.4) is 0 Å². The van der Waals surface area contributed by atoms with Crippen molar-refractivity contribution in [3.05, 3.63) is 39.4 Å². The first kappa shape index (κ1) is 17.6. The molecule has 1 aromatic carbocycles. The van der Waals surface area contributed by atoms with Gasteiger partial charge in [0.25, 0.3) is 11.6 Å². The van der Waals surface area contributed by atoms with Crippen LogP contribution in [0.5, 0.6) is 0 Å². The average molecular weight is 310 g/mol. The van der Waals surface area contributed by atoms with Gasteiger partial charge in [0.15, 0.2) is 0 Å². The second-order valence-corrected chi connectivity index (χ2v) is 4.89. The van der Waals surface area contributed by atoms with E-state index in [0.29, 0.717) is 5.56 Å². The molecule has 8 heteroatoms. The van der Waals surface area contributed by atoms with Gasteiger partial charge >= 0.3 is 5.97 Å². The topological polar surface area (TPSA) is 119 Å². The summed E-state index contributed by atoms with van der Waals surface area (Å²) in [6, 6.07) is 4.33. The van der Waals surface area contributed by atoms with Gasteiger partial charge in [-0.05, 0) is 12.0 Å². The number of carbonyl (C=O) groups is 2. The molecule has 0 radical (unpaired) electrons. The van der Waals surface area contributed by atoms with E-state index in [-0.39, 0.29) is 30.3 Å². The van der Waals surface area contributed by atoms with Gasteiger partial charge in [-0.2, -0.15) is 0 Å². The highest BCUT2D eigenvalue weighted by Gasteiger charge is 2.19. The van der Waals surface area contributed by atoms with Gasteiger partial charge in [0.2, 0.25) is 0 Å². The standard InChI is InChI=1S/C14H18N2O6/c1-9(2)11-4-3-10(7-12(11)16(20)21)14(19)15-5-6-22-8-13(17)18/h3-4,7,9H,5-6,8H2,1-2H3,(H,15,19)(H,17,18). The van der Waals surface area contributed by atoms with Gasteiger partial charge in [-0.1, -0.05) is 19.9 Å². The highest BCUT2D eigenvalue weighted by Crippen LogP contribution is 2.27. The van der Waals surface area contributed by atoms with E-state index in [4.69, 9.17) is 9.84 Å². The summed E-state index contributed by atoms with van der Waals surface area (Å²) in [5.41, 5.74) is 0.644. The van der Waals surface area contributed by atoms with E-state index in [2.05, 4.69) is 5.32 Å². The summed E-state index contributed by atoms with van der Waals surface area (Å²) in [4.78, 5) is 32.7. The van der Waals surface area contributed by atoms with Crippen LogP contribution < -0.4 is 5.32 Å². The molecule has 8 nitrogen and oxygen atoms in total. The van der Waals surface area contributed by atoms with E-state index in [9.17, 15) is 19.7 Å². The number of nitrogens with one attached hydrogen (secondary N) is 1. The summed E-state index contributed by atoms with van der Waals surface area (Å²) >= 11 is 0. The third kappa shape index (κ3) is 5.13. The molecule has 1 rings (SSSR count). The fourth-order valence-electron chi connectivity index (χ4n) is 1.83. The molecule has 120 valence electrons. The van der Waals surface area contributed by atoms with Crippen LogP contribution >= 0.6 is 0 Å². The van der Waals surface area contributed by atoms with Crippen molar-refractivity contribution < 1.29 is 24.4 Å².